The predicted octanol–water partition coefficient (Wildman–Crippen LogP) is 2.48. The van der Waals surface area contributed by atoms with Crippen LogP contribution in [0, 0.1) is 6.92 Å². The number of rotatable bonds is 6. The van der Waals surface area contributed by atoms with Gasteiger partial charge in [-0.25, -0.2) is 4.98 Å². The lowest BCUT2D eigenvalue weighted by Crippen LogP contribution is -2.31. The Balaban J connectivity index is 1.70. The monoisotopic (exact) mass is 267 g/mol. The first-order valence-corrected chi connectivity index (χ1v) is 7.36. The molecule has 0 spiro atoms. The number of nitrogens with zero attached hydrogens (tertiary/aromatic N) is 3. The molecule has 5 heteroatoms. The molecule has 0 N–H and O–H groups in total. The average Bonchev–Trinajstić information content (AvgIpc) is 2.96. The molecule has 0 bridgehead atoms. The van der Waals surface area contributed by atoms with Crippen molar-refractivity contribution in [1.82, 2.24) is 9.88 Å². The normalized spacial score (nSPS) is 19.1. The molecule has 0 aromatic carbocycles. The third-order valence-corrected chi connectivity index (χ3v) is 4.28. The van der Waals surface area contributed by atoms with Crippen LogP contribution < -0.4 is 0 Å². The van der Waals surface area contributed by atoms with Crippen molar-refractivity contribution in [2.75, 3.05) is 20.1 Å². The summed E-state index contributed by atoms with van der Waals surface area (Å²) in [7, 11) is 2.14. The molecule has 2 heterocycles. The molecule has 0 saturated carbocycles. The minimum atomic E-state index is 0.243. The first kappa shape index (κ1) is 13.5. The molecule has 0 saturated heterocycles. The fraction of sp³-hybridized carbons (Fsp3) is 0.692. The number of thiazole rings is 1. The van der Waals surface area contributed by atoms with Crippen molar-refractivity contribution in [3.63, 3.8) is 0 Å². The second-order valence-electron chi connectivity index (χ2n) is 4.82. The third kappa shape index (κ3) is 3.53. The van der Waals surface area contributed by atoms with Crippen molar-refractivity contribution < 1.29 is 4.84 Å². The van der Waals surface area contributed by atoms with Crippen LogP contribution in [0.15, 0.2) is 10.7 Å². The summed E-state index contributed by atoms with van der Waals surface area (Å²) in [6, 6.07) is 0. The second-order valence-corrected chi connectivity index (χ2v) is 5.76. The summed E-state index contributed by atoms with van der Waals surface area (Å²) in [5, 5.41) is 4.09. The van der Waals surface area contributed by atoms with Gasteiger partial charge < -0.3 is 9.74 Å². The maximum atomic E-state index is 5.42. The van der Waals surface area contributed by atoms with Gasteiger partial charge in [0.2, 0.25) is 0 Å². The standard InChI is InChI=1S/C13H21N3OS/c1-4-11-7-12(17-15-11)8-16(3)6-5-13-10(2)14-9-18-13/h9,12H,4-8H2,1-3H3. The fourth-order valence-electron chi connectivity index (χ4n) is 2.09. The summed E-state index contributed by atoms with van der Waals surface area (Å²) in [6.45, 7) is 6.20. The van der Waals surface area contributed by atoms with Gasteiger partial charge in [-0.05, 0) is 26.8 Å². The van der Waals surface area contributed by atoms with Gasteiger partial charge in [-0.3, -0.25) is 0 Å². The van der Waals surface area contributed by atoms with Crippen LogP contribution in [0.2, 0.25) is 0 Å². The van der Waals surface area contributed by atoms with E-state index in [1.165, 1.54) is 16.3 Å². The van der Waals surface area contributed by atoms with Gasteiger partial charge in [0.25, 0.3) is 0 Å². The average molecular weight is 267 g/mol. The zero-order valence-electron chi connectivity index (χ0n) is 11.3. The molecule has 1 aliphatic heterocycles. The Hall–Kier alpha value is -0.940. The van der Waals surface area contributed by atoms with Crippen LogP contribution >= 0.6 is 11.3 Å². The van der Waals surface area contributed by atoms with Crippen LogP contribution in [-0.4, -0.2) is 41.8 Å². The zero-order valence-corrected chi connectivity index (χ0v) is 12.2. The van der Waals surface area contributed by atoms with Crippen LogP contribution in [0.25, 0.3) is 0 Å². The van der Waals surface area contributed by atoms with Crippen molar-refractivity contribution in [2.45, 2.75) is 39.2 Å². The third-order valence-electron chi connectivity index (χ3n) is 3.28. The first-order chi connectivity index (χ1) is 8.69. The molecule has 4 nitrogen and oxygen atoms in total. The van der Waals surface area contributed by atoms with E-state index >= 15 is 0 Å². The summed E-state index contributed by atoms with van der Waals surface area (Å²) in [6.07, 6.45) is 3.30. The Bertz CT molecular complexity index is 416. The van der Waals surface area contributed by atoms with E-state index in [4.69, 9.17) is 4.84 Å². The maximum absolute atomic E-state index is 5.42. The molecular formula is C13H21N3OS. The topological polar surface area (TPSA) is 37.7 Å². The van der Waals surface area contributed by atoms with E-state index < -0.39 is 0 Å². The van der Waals surface area contributed by atoms with Gasteiger partial charge >= 0.3 is 0 Å². The van der Waals surface area contributed by atoms with E-state index in [-0.39, 0.29) is 6.10 Å². The molecule has 1 aliphatic rings. The lowest BCUT2D eigenvalue weighted by atomic mass is 10.1. The summed E-state index contributed by atoms with van der Waals surface area (Å²) in [4.78, 5) is 13.4. The van der Waals surface area contributed by atoms with E-state index in [1.54, 1.807) is 11.3 Å². The summed E-state index contributed by atoms with van der Waals surface area (Å²) in [5.41, 5.74) is 4.28. The van der Waals surface area contributed by atoms with E-state index in [9.17, 15) is 0 Å². The van der Waals surface area contributed by atoms with Gasteiger partial charge in [0.05, 0.1) is 16.9 Å². The summed E-state index contributed by atoms with van der Waals surface area (Å²) >= 11 is 1.75. The first-order valence-electron chi connectivity index (χ1n) is 6.48. The molecule has 2 rings (SSSR count). The van der Waals surface area contributed by atoms with Gasteiger partial charge in [0.1, 0.15) is 6.10 Å². The molecule has 1 aromatic heterocycles. The number of aryl methyl sites for hydroxylation is 1. The van der Waals surface area contributed by atoms with Crippen molar-refractivity contribution in [1.29, 1.82) is 0 Å². The molecule has 0 radical (unpaired) electrons. The minimum absolute atomic E-state index is 0.243. The van der Waals surface area contributed by atoms with Crippen molar-refractivity contribution >= 4 is 17.0 Å². The van der Waals surface area contributed by atoms with E-state index in [1.807, 2.05) is 5.51 Å². The highest BCUT2D eigenvalue weighted by molar-refractivity contribution is 7.09. The van der Waals surface area contributed by atoms with Crippen molar-refractivity contribution in [3.05, 3.63) is 16.1 Å². The van der Waals surface area contributed by atoms with Crippen LogP contribution in [0.4, 0.5) is 0 Å². The van der Waals surface area contributed by atoms with E-state index in [2.05, 4.69) is 35.9 Å². The highest BCUT2D eigenvalue weighted by atomic mass is 32.1. The van der Waals surface area contributed by atoms with E-state index in [0.29, 0.717) is 0 Å². The van der Waals surface area contributed by atoms with Gasteiger partial charge in [-0.15, -0.1) is 11.3 Å². The highest BCUT2D eigenvalue weighted by Crippen LogP contribution is 2.15. The molecule has 1 atom stereocenters. The minimum Gasteiger partial charge on any atom is -0.391 e. The lowest BCUT2D eigenvalue weighted by Gasteiger charge is -2.19. The van der Waals surface area contributed by atoms with Gasteiger partial charge in [-0.1, -0.05) is 12.1 Å². The van der Waals surface area contributed by atoms with Gasteiger partial charge in [0, 0.05) is 24.4 Å². The van der Waals surface area contributed by atoms with Crippen LogP contribution in [0.1, 0.15) is 30.3 Å². The molecule has 1 aromatic rings. The SMILES string of the molecule is CCC1=NOC(CN(C)CCc2scnc2C)C1. The fourth-order valence-corrected chi connectivity index (χ4v) is 2.86. The predicted molar refractivity (Wildman–Crippen MR) is 75.3 cm³/mol. The Morgan fingerprint density at radius 1 is 1.56 bits per heavy atom. The summed E-state index contributed by atoms with van der Waals surface area (Å²) in [5.74, 6) is 0. The number of likely N-dealkylation sites (N-methyl/N-ethyl adjacent to an activating group) is 1. The van der Waals surface area contributed by atoms with Gasteiger partial charge in [-0.2, -0.15) is 0 Å². The highest BCUT2D eigenvalue weighted by Gasteiger charge is 2.21. The van der Waals surface area contributed by atoms with Crippen LogP contribution in [0.3, 0.4) is 0 Å². The zero-order chi connectivity index (χ0) is 13.0. The molecule has 0 amide bonds. The number of oxime groups is 1. The smallest absolute Gasteiger partial charge is 0.145 e. The quantitative estimate of drug-likeness (QED) is 0.794. The number of hydrogen-bond donors (Lipinski definition) is 0. The molecule has 0 fully saturated rings. The molecule has 1 unspecified atom stereocenters. The Morgan fingerprint density at radius 3 is 3.00 bits per heavy atom. The maximum Gasteiger partial charge on any atom is 0.145 e. The number of aromatic nitrogens is 1. The largest absolute Gasteiger partial charge is 0.391 e. The van der Waals surface area contributed by atoms with Crippen molar-refractivity contribution in [2.24, 2.45) is 5.16 Å². The Morgan fingerprint density at radius 2 is 2.39 bits per heavy atom. The summed E-state index contributed by atoms with van der Waals surface area (Å²) < 4.78 is 0. The lowest BCUT2D eigenvalue weighted by molar-refractivity contribution is 0.0596. The second kappa shape index (κ2) is 6.29. The molecule has 100 valence electrons. The Kier molecular flexibility index (Phi) is 4.72. The molecule has 18 heavy (non-hydrogen) atoms. The molecule has 0 aliphatic carbocycles. The van der Waals surface area contributed by atoms with Crippen LogP contribution in [-0.2, 0) is 11.3 Å². The number of hydrogen-bond acceptors (Lipinski definition) is 5. The Labute approximate surface area is 113 Å². The van der Waals surface area contributed by atoms with Crippen molar-refractivity contribution in [3.8, 4) is 0 Å². The van der Waals surface area contributed by atoms with E-state index in [0.717, 1.165) is 32.4 Å². The van der Waals surface area contributed by atoms with Gasteiger partial charge in [0.15, 0.2) is 0 Å². The molecular weight excluding hydrogens is 246 g/mol. The van der Waals surface area contributed by atoms with Crippen LogP contribution in [0.5, 0.6) is 0 Å².